The Morgan fingerprint density at radius 1 is 1.08 bits per heavy atom. The lowest BCUT2D eigenvalue weighted by Crippen LogP contribution is -2.19. The summed E-state index contributed by atoms with van der Waals surface area (Å²) in [5.41, 5.74) is 3.42. The van der Waals surface area contributed by atoms with Crippen molar-refractivity contribution >= 4 is 34.7 Å². The van der Waals surface area contributed by atoms with E-state index in [0.717, 1.165) is 11.4 Å². The third-order valence-corrected chi connectivity index (χ3v) is 3.67. The third-order valence-electron chi connectivity index (χ3n) is 3.47. The summed E-state index contributed by atoms with van der Waals surface area (Å²) in [5, 5.41) is 6.68. The van der Waals surface area contributed by atoms with Crippen molar-refractivity contribution in [2.45, 2.75) is 26.7 Å². The molecule has 0 radical (unpaired) electrons. The van der Waals surface area contributed by atoms with Crippen molar-refractivity contribution in [2.75, 3.05) is 17.2 Å². The fourth-order valence-electron chi connectivity index (χ4n) is 2.18. The Balaban J connectivity index is 1.99. The summed E-state index contributed by atoms with van der Waals surface area (Å²) in [7, 11) is 0. The van der Waals surface area contributed by atoms with E-state index in [1.807, 2.05) is 18.2 Å². The lowest BCUT2D eigenvalue weighted by atomic mass is 10.0. The van der Waals surface area contributed by atoms with Gasteiger partial charge in [0.2, 0.25) is 0 Å². The molecule has 0 amide bonds. The molecule has 2 rings (SSSR count). The summed E-state index contributed by atoms with van der Waals surface area (Å²) < 4.78 is 5.00. The molecular weight excluding hydrogens is 320 g/mol. The van der Waals surface area contributed by atoms with Crippen molar-refractivity contribution in [3.8, 4) is 0 Å². The first-order valence-electron chi connectivity index (χ1n) is 7.94. The minimum Gasteiger partial charge on any atom is -0.462 e. The quantitative estimate of drug-likeness (QED) is 0.604. The number of benzene rings is 2. The molecule has 0 bridgehead atoms. The topological polar surface area (TPSA) is 50.4 Å². The van der Waals surface area contributed by atoms with Crippen molar-refractivity contribution in [1.82, 2.24) is 0 Å². The van der Waals surface area contributed by atoms with Crippen LogP contribution >= 0.6 is 12.2 Å². The van der Waals surface area contributed by atoms with Gasteiger partial charge in [0.15, 0.2) is 5.11 Å². The normalized spacial score (nSPS) is 10.3. The second-order valence-electron chi connectivity index (χ2n) is 5.66. The van der Waals surface area contributed by atoms with Crippen LogP contribution in [0.1, 0.15) is 42.6 Å². The third kappa shape index (κ3) is 5.06. The summed E-state index contributed by atoms with van der Waals surface area (Å²) in [5.74, 6) is 0.152. The first kappa shape index (κ1) is 17.9. The zero-order valence-corrected chi connectivity index (χ0v) is 14.9. The molecule has 2 N–H and O–H groups in total. The number of esters is 1. The van der Waals surface area contributed by atoms with E-state index in [9.17, 15) is 4.79 Å². The average molecular weight is 342 g/mol. The highest BCUT2D eigenvalue weighted by molar-refractivity contribution is 7.80. The second kappa shape index (κ2) is 8.45. The van der Waals surface area contributed by atoms with Crippen molar-refractivity contribution in [3.63, 3.8) is 0 Å². The van der Waals surface area contributed by atoms with E-state index in [2.05, 4.69) is 36.6 Å². The molecule has 0 aliphatic heterocycles. The van der Waals surface area contributed by atoms with Gasteiger partial charge in [0.05, 0.1) is 12.2 Å². The number of hydrogen-bond donors (Lipinski definition) is 2. The van der Waals surface area contributed by atoms with Crippen LogP contribution in [0.15, 0.2) is 48.5 Å². The van der Waals surface area contributed by atoms with Gasteiger partial charge in [-0.25, -0.2) is 4.79 Å². The van der Waals surface area contributed by atoms with Crippen LogP contribution in [-0.4, -0.2) is 17.7 Å². The number of rotatable bonds is 5. The minimum absolute atomic E-state index is 0.343. The summed E-state index contributed by atoms with van der Waals surface area (Å²) in [6, 6.07) is 15.2. The highest BCUT2D eigenvalue weighted by Crippen LogP contribution is 2.18. The molecule has 4 nitrogen and oxygen atoms in total. The first-order chi connectivity index (χ1) is 11.5. The van der Waals surface area contributed by atoms with Crippen LogP contribution in [0.5, 0.6) is 0 Å². The van der Waals surface area contributed by atoms with E-state index >= 15 is 0 Å². The van der Waals surface area contributed by atoms with Gasteiger partial charge >= 0.3 is 5.97 Å². The van der Waals surface area contributed by atoms with Crippen molar-refractivity contribution in [2.24, 2.45) is 0 Å². The molecule has 5 heteroatoms. The van der Waals surface area contributed by atoms with Crippen LogP contribution in [0.3, 0.4) is 0 Å². The molecule has 0 saturated heterocycles. The predicted molar refractivity (Wildman–Crippen MR) is 103 cm³/mol. The molecule has 0 heterocycles. The van der Waals surface area contributed by atoms with E-state index in [-0.39, 0.29) is 5.97 Å². The van der Waals surface area contributed by atoms with Crippen molar-refractivity contribution < 1.29 is 9.53 Å². The maximum absolute atomic E-state index is 11.8. The van der Waals surface area contributed by atoms with E-state index < -0.39 is 0 Å². The van der Waals surface area contributed by atoms with Crippen LogP contribution in [0.2, 0.25) is 0 Å². The average Bonchev–Trinajstić information content (AvgIpc) is 2.55. The summed E-state index contributed by atoms with van der Waals surface area (Å²) in [6.45, 7) is 6.45. The second-order valence-corrected chi connectivity index (χ2v) is 6.07. The van der Waals surface area contributed by atoms with Gasteiger partial charge < -0.3 is 15.4 Å². The summed E-state index contributed by atoms with van der Waals surface area (Å²) in [4.78, 5) is 11.8. The molecule has 24 heavy (non-hydrogen) atoms. The molecular formula is C19H22N2O2S. The molecule has 0 aliphatic rings. The van der Waals surface area contributed by atoms with Crippen LogP contribution in [0.4, 0.5) is 11.4 Å². The molecule has 2 aromatic carbocycles. The lowest BCUT2D eigenvalue weighted by Gasteiger charge is -2.12. The minimum atomic E-state index is -0.343. The SMILES string of the molecule is CCOC(=O)c1cccc(NC(=S)Nc2ccc(C(C)C)cc2)c1. The largest absolute Gasteiger partial charge is 0.462 e. The number of carbonyl (C=O) groups excluding carboxylic acids is 1. The Morgan fingerprint density at radius 2 is 1.75 bits per heavy atom. The molecule has 0 fully saturated rings. The Morgan fingerprint density at radius 3 is 2.38 bits per heavy atom. The van der Waals surface area contributed by atoms with Gasteiger partial charge in [-0.3, -0.25) is 0 Å². The van der Waals surface area contributed by atoms with E-state index in [0.29, 0.717) is 23.2 Å². The van der Waals surface area contributed by atoms with Gasteiger partial charge in [0.25, 0.3) is 0 Å². The number of anilines is 2. The zero-order chi connectivity index (χ0) is 17.5. The molecule has 0 atom stereocenters. The van der Waals surface area contributed by atoms with Crippen molar-refractivity contribution in [1.29, 1.82) is 0 Å². The molecule has 0 aromatic heterocycles. The number of carbonyl (C=O) groups is 1. The molecule has 2 aromatic rings. The van der Waals surface area contributed by atoms with Gasteiger partial charge in [-0.15, -0.1) is 0 Å². The maximum atomic E-state index is 11.8. The monoisotopic (exact) mass is 342 g/mol. The predicted octanol–water partition coefficient (Wildman–Crippen LogP) is 4.80. The van der Waals surface area contributed by atoms with Gasteiger partial charge in [-0.1, -0.05) is 32.0 Å². The maximum Gasteiger partial charge on any atom is 0.338 e. The van der Waals surface area contributed by atoms with Crippen LogP contribution in [0, 0.1) is 0 Å². The van der Waals surface area contributed by atoms with Gasteiger partial charge in [0, 0.05) is 11.4 Å². The Kier molecular flexibility index (Phi) is 6.32. The number of ether oxygens (including phenoxy) is 1. The summed E-state index contributed by atoms with van der Waals surface area (Å²) in [6.07, 6.45) is 0. The molecule has 0 saturated carbocycles. The van der Waals surface area contributed by atoms with E-state index in [1.54, 1.807) is 25.1 Å². The van der Waals surface area contributed by atoms with E-state index in [4.69, 9.17) is 17.0 Å². The van der Waals surface area contributed by atoms with Crippen LogP contribution in [0.25, 0.3) is 0 Å². The Hall–Kier alpha value is -2.40. The molecule has 0 spiro atoms. The highest BCUT2D eigenvalue weighted by Gasteiger charge is 2.07. The van der Waals surface area contributed by atoms with Crippen molar-refractivity contribution in [3.05, 3.63) is 59.7 Å². The van der Waals surface area contributed by atoms with Gasteiger partial charge in [-0.05, 0) is 61.0 Å². The fraction of sp³-hybridized carbons (Fsp3) is 0.263. The number of thiocarbonyl (C=S) groups is 1. The highest BCUT2D eigenvalue weighted by atomic mass is 32.1. The molecule has 126 valence electrons. The zero-order valence-electron chi connectivity index (χ0n) is 14.1. The smallest absolute Gasteiger partial charge is 0.338 e. The van der Waals surface area contributed by atoms with Crippen LogP contribution < -0.4 is 10.6 Å². The molecule has 0 aliphatic carbocycles. The Bertz CT molecular complexity index is 712. The fourth-order valence-corrected chi connectivity index (χ4v) is 2.42. The van der Waals surface area contributed by atoms with Crippen LogP contribution in [-0.2, 0) is 4.74 Å². The molecule has 0 unspecified atom stereocenters. The lowest BCUT2D eigenvalue weighted by molar-refractivity contribution is 0.0526. The standard InChI is InChI=1S/C19H22N2O2S/c1-4-23-18(22)15-6-5-7-17(12-15)21-19(24)20-16-10-8-14(9-11-16)13(2)3/h5-13H,4H2,1-3H3,(H2,20,21,24). The summed E-state index contributed by atoms with van der Waals surface area (Å²) >= 11 is 5.32. The Labute approximate surface area is 148 Å². The number of nitrogens with one attached hydrogen (secondary N) is 2. The van der Waals surface area contributed by atoms with Gasteiger partial charge in [0.1, 0.15) is 0 Å². The van der Waals surface area contributed by atoms with Gasteiger partial charge in [-0.2, -0.15) is 0 Å². The van der Waals surface area contributed by atoms with E-state index in [1.165, 1.54) is 5.56 Å². The number of hydrogen-bond acceptors (Lipinski definition) is 3. The first-order valence-corrected chi connectivity index (χ1v) is 8.35.